The lowest BCUT2D eigenvalue weighted by Gasteiger charge is -2.33. The van der Waals surface area contributed by atoms with E-state index in [1.165, 1.54) is 6.92 Å². The number of nitrogens with zero attached hydrogens (tertiary/aromatic N) is 1. The Balaban J connectivity index is 1.79. The number of aryl methyl sites for hydroxylation is 2. The maximum Gasteiger partial charge on any atom is 0.239 e. The smallest absolute Gasteiger partial charge is 0.239 e. The van der Waals surface area contributed by atoms with Gasteiger partial charge in [-0.3, -0.25) is 14.4 Å². The van der Waals surface area contributed by atoms with E-state index < -0.39 is 12.1 Å². The van der Waals surface area contributed by atoms with Crippen molar-refractivity contribution >= 4 is 17.7 Å². The van der Waals surface area contributed by atoms with Gasteiger partial charge in [-0.1, -0.05) is 5.16 Å². The minimum absolute atomic E-state index is 0.125. The summed E-state index contributed by atoms with van der Waals surface area (Å²) in [5.41, 5.74) is 1.60. The Kier molecular flexibility index (Phi) is 6.73. The first-order chi connectivity index (χ1) is 12.3. The molecule has 1 saturated carbocycles. The minimum atomic E-state index is -0.806. The van der Waals surface area contributed by atoms with Crippen LogP contribution in [0.2, 0.25) is 0 Å². The number of nitrogens with one attached hydrogen (secondary N) is 3. The predicted molar refractivity (Wildman–Crippen MR) is 91.8 cm³/mol. The fraction of sp³-hybridized carbons (Fsp3) is 0.647. The Morgan fingerprint density at radius 2 is 1.96 bits per heavy atom. The van der Waals surface area contributed by atoms with Crippen LogP contribution in [-0.4, -0.2) is 46.7 Å². The summed E-state index contributed by atoms with van der Waals surface area (Å²) in [5, 5.41) is 22.1. The number of carbonyl (C=O) groups excluding carboxylic acids is 3. The Bertz CT molecular complexity index is 653. The predicted octanol–water partition coefficient (Wildman–Crippen LogP) is -0.310. The van der Waals surface area contributed by atoms with Gasteiger partial charge in [0.2, 0.25) is 17.7 Å². The van der Waals surface area contributed by atoms with Gasteiger partial charge in [0.1, 0.15) is 5.76 Å². The molecule has 144 valence electrons. The van der Waals surface area contributed by atoms with E-state index >= 15 is 0 Å². The van der Waals surface area contributed by atoms with Crippen molar-refractivity contribution in [2.75, 3.05) is 6.54 Å². The molecule has 0 radical (unpaired) electrons. The van der Waals surface area contributed by atoms with E-state index in [2.05, 4.69) is 21.1 Å². The van der Waals surface area contributed by atoms with Crippen LogP contribution in [-0.2, 0) is 20.9 Å². The molecule has 1 aromatic rings. The quantitative estimate of drug-likeness (QED) is 0.546. The van der Waals surface area contributed by atoms with Gasteiger partial charge in [0.25, 0.3) is 0 Å². The van der Waals surface area contributed by atoms with Gasteiger partial charge in [-0.25, -0.2) is 0 Å². The molecule has 2 rings (SSSR count). The van der Waals surface area contributed by atoms with E-state index in [1.807, 2.05) is 6.92 Å². The largest absolute Gasteiger partial charge is 0.391 e. The summed E-state index contributed by atoms with van der Waals surface area (Å²) >= 11 is 0. The van der Waals surface area contributed by atoms with Gasteiger partial charge >= 0.3 is 0 Å². The molecular weight excluding hydrogens is 340 g/mol. The number of aromatic nitrogens is 1. The highest BCUT2D eigenvalue weighted by atomic mass is 16.5. The third-order valence-corrected chi connectivity index (χ3v) is 4.65. The Labute approximate surface area is 151 Å². The Hall–Kier alpha value is -2.42. The highest BCUT2D eigenvalue weighted by Gasteiger charge is 2.33. The van der Waals surface area contributed by atoms with Crippen molar-refractivity contribution in [3.63, 3.8) is 0 Å². The maximum atomic E-state index is 12.4. The van der Waals surface area contributed by atoms with Gasteiger partial charge in [-0.2, -0.15) is 0 Å². The van der Waals surface area contributed by atoms with E-state index in [9.17, 15) is 19.5 Å². The topological polar surface area (TPSA) is 134 Å². The zero-order chi connectivity index (χ0) is 19.3. The molecule has 4 N–H and O–H groups in total. The fourth-order valence-corrected chi connectivity index (χ4v) is 3.09. The molecule has 9 heteroatoms. The third-order valence-electron chi connectivity index (χ3n) is 4.65. The number of amides is 3. The molecule has 0 saturated heterocycles. The number of hydrogen-bond acceptors (Lipinski definition) is 6. The van der Waals surface area contributed by atoms with E-state index in [0.29, 0.717) is 25.1 Å². The molecule has 0 aromatic carbocycles. The van der Waals surface area contributed by atoms with E-state index in [-0.39, 0.29) is 36.6 Å². The van der Waals surface area contributed by atoms with Crippen LogP contribution in [0.25, 0.3) is 0 Å². The van der Waals surface area contributed by atoms with Gasteiger partial charge in [-0.05, 0) is 33.1 Å². The van der Waals surface area contributed by atoms with Gasteiger partial charge < -0.3 is 25.6 Å². The molecule has 1 aromatic heterocycles. The van der Waals surface area contributed by atoms with Crippen LogP contribution in [0.1, 0.15) is 43.2 Å². The van der Waals surface area contributed by atoms with Crippen LogP contribution < -0.4 is 16.0 Å². The molecule has 26 heavy (non-hydrogen) atoms. The molecule has 1 fully saturated rings. The summed E-state index contributed by atoms with van der Waals surface area (Å²) in [4.78, 5) is 34.9. The molecule has 1 aliphatic rings. The summed E-state index contributed by atoms with van der Waals surface area (Å²) < 4.78 is 5.07. The van der Waals surface area contributed by atoms with Gasteiger partial charge in [0, 0.05) is 24.9 Å². The maximum absolute atomic E-state index is 12.4. The second kappa shape index (κ2) is 8.79. The van der Waals surface area contributed by atoms with Crippen LogP contribution in [0.4, 0.5) is 0 Å². The molecule has 3 atom stereocenters. The third kappa shape index (κ3) is 5.29. The van der Waals surface area contributed by atoms with Crippen molar-refractivity contribution in [2.45, 2.75) is 58.7 Å². The lowest BCUT2D eigenvalue weighted by atomic mass is 9.83. The van der Waals surface area contributed by atoms with Crippen LogP contribution in [0.15, 0.2) is 4.52 Å². The summed E-state index contributed by atoms with van der Waals surface area (Å²) in [6.07, 6.45) is 0.532. The Morgan fingerprint density at radius 1 is 1.23 bits per heavy atom. The number of rotatable bonds is 6. The summed E-state index contributed by atoms with van der Waals surface area (Å²) in [6.45, 7) is 5.15. The lowest BCUT2D eigenvalue weighted by molar-refractivity contribution is -0.129. The zero-order valence-electron chi connectivity index (χ0n) is 15.3. The molecule has 9 nitrogen and oxygen atoms in total. The molecule has 3 amide bonds. The fourth-order valence-electron chi connectivity index (χ4n) is 3.09. The molecule has 0 bridgehead atoms. The molecule has 1 aliphatic carbocycles. The van der Waals surface area contributed by atoms with Crippen molar-refractivity contribution in [3.8, 4) is 0 Å². The zero-order valence-corrected chi connectivity index (χ0v) is 15.3. The second-order valence-corrected chi connectivity index (χ2v) is 6.68. The average Bonchev–Trinajstić information content (AvgIpc) is 2.91. The van der Waals surface area contributed by atoms with Gasteiger partial charge in [0.05, 0.1) is 24.4 Å². The number of carbonyl (C=O) groups is 3. The first-order valence-corrected chi connectivity index (χ1v) is 8.69. The van der Waals surface area contributed by atoms with Crippen LogP contribution in [0, 0.1) is 19.8 Å². The van der Waals surface area contributed by atoms with Gasteiger partial charge in [0.15, 0.2) is 0 Å². The van der Waals surface area contributed by atoms with E-state index in [0.717, 1.165) is 11.3 Å². The van der Waals surface area contributed by atoms with Crippen LogP contribution >= 0.6 is 0 Å². The molecule has 0 unspecified atom stereocenters. The average molecular weight is 366 g/mol. The number of hydrogen-bond donors (Lipinski definition) is 4. The summed E-state index contributed by atoms with van der Waals surface area (Å²) in [5.74, 6) is -0.417. The van der Waals surface area contributed by atoms with Gasteiger partial charge in [-0.15, -0.1) is 0 Å². The van der Waals surface area contributed by atoms with Crippen molar-refractivity contribution in [1.29, 1.82) is 0 Å². The first-order valence-electron chi connectivity index (χ1n) is 8.69. The number of aliphatic hydroxyl groups is 1. The second-order valence-electron chi connectivity index (χ2n) is 6.68. The molecular formula is C17H26N4O5. The Morgan fingerprint density at radius 3 is 2.54 bits per heavy atom. The molecule has 0 aliphatic heterocycles. The minimum Gasteiger partial charge on any atom is -0.391 e. The highest BCUT2D eigenvalue weighted by molar-refractivity contribution is 5.84. The summed E-state index contributed by atoms with van der Waals surface area (Å²) in [6, 6.07) is -0.414. The SMILES string of the molecule is CC(=O)NCC(=O)N[C@@H]1CC[C@H](C(=O)NCc2c(C)noc2C)C[C@H]1O. The van der Waals surface area contributed by atoms with Crippen LogP contribution in [0.3, 0.4) is 0 Å². The lowest BCUT2D eigenvalue weighted by Crippen LogP contribution is -2.51. The summed E-state index contributed by atoms with van der Waals surface area (Å²) in [7, 11) is 0. The normalized spacial score (nSPS) is 22.5. The van der Waals surface area contributed by atoms with Crippen molar-refractivity contribution in [1.82, 2.24) is 21.1 Å². The first kappa shape index (κ1) is 19.9. The van der Waals surface area contributed by atoms with E-state index in [1.54, 1.807) is 6.92 Å². The highest BCUT2D eigenvalue weighted by Crippen LogP contribution is 2.25. The molecule has 0 spiro atoms. The van der Waals surface area contributed by atoms with Crippen molar-refractivity contribution in [2.24, 2.45) is 5.92 Å². The van der Waals surface area contributed by atoms with Crippen molar-refractivity contribution in [3.05, 3.63) is 17.0 Å². The standard InChI is InChI=1S/C17H26N4O5/c1-9-13(10(2)26-21-9)7-19-17(25)12-4-5-14(15(23)6-12)20-16(24)8-18-11(3)22/h12,14-15,23H,4-8H2,1-3H3,(H,18,22)(H,19,25)(H,20,24)/t12-,14+,15+/m0/s1. The number of aliphatic hydroxyl groups excluding tert-OH is 1. The molecule has 1 heterocycles. The van der Waals surface area contributed by atoms with E-state index in [4.69, 9.17) is 4.52 Å². The van der Waals surface area contributed by atoms with Crippen LogP contribution in [0.5, 0.6) is 0 Å². The monoisotopic (exact) mass is 366 g/mol. The van der Waals surface area contributed by atoms with Crippen molar-refractivity contribution < 1.29 is 24.0 Å².